The van der Waals surface area contributed by atoms with Crippen LogP contribution >= 0.6 is 0 Å². The monoisotopic (exact) mass is 446 g/mol. The van der Waals surface area contributed by atoms with Gasteiger partial charge in [-0.15, -0.1) is 0 Å². The van der Waals surface area contributed by atoms with Crippen LogP contribution in [0.15, 0.2) is 0 Å². The molecule has 0 spiro atoms. The van der Waals surface area contributed by atoms with Crippen molar-refractivity contribution >= 4 is 11.6 Å². The maximum absolute atomic E-state index is 13.5. The van der Waals surface area contributed by atoms with Crippen LogP contribution in [0.3, 0.4) is 0 Å². The predicted molar refractivity (Wildman–Crippen MR) is 79.6 cm³/mol. The Balaban J connectivity index is 2.08. The second-order valence-corrected chi connectivity index (χ2v) is 5.94. The lowest BCUT2D eigenvalue weighted by Crippen LogP contribution is -2.14. The molecule has 2 aromatic rings. The highest BCUT2D eigenvalue weighted by molar-refractivity contribution is 5.97. The van der Waals surface area contributed by atoms with Gasteiger partial charge in [0.05, 0.1) is 11.1 Å². The van der Waals surface area contributed by atoms with Gasteiger partial charge in [-0.25, -0.2) is 43.9 Å². The fourth-order valence-electron chi connectivity index (χ4n) is 2.52. The molecule has 0 aliphatic heterocycles. The summed E-state index contributed by atoms with van der Waals surface area (Å²) in [6, 6.07) is 0. The van der Waals surface area contributed by atoms with Crippen molar-refractivity contribution in [1.29, 1.82) is 0 Å². The van der Waals surface area contributed by atoms with Gasteiger partial charge in [-0.3, -0.25) is 9.59 Å². The van der Waals surface area contributed by atoms with Crippen molar-refractivity contribution in [3.8, 4) is 0 Å². The molecule has 0 bridgehead atoms. The van der Waals surface area contributed by atoms with E-state index in [-0.39, 0.29) is 0 Å². The molecule has 0 fully saturated rings. The lowest BCUT2D eigenvalue weighted by molar-refractivity contribution is 0.0942. The molecule has 12 heteroatoms. The van der Waals surface area contributed by atoms with Crippen LogP contribution in [0.4, 0.5) is 43.9 Å². The van der Waals surface area contributed by atoms with E-state index in [0.29, 0.717) is 0 Å². The third-order valence-corrected chi connectivity index (χ3v) is 4.03. The molecular formula is C18H8F10O2. The number of Topliss-reactive ketones (excluding diaryl/α,β-unsaturated/α-hetero) is 2. The SMILES string of the molecule is O=C(CCCCC(=O)c1c(F)c(F)c(F)c(F)c1F)c1c(F)c(F)c(F)c(F)c1F. The summed E-state index contributed by atoms with van der Waals surface area (Å²) in [5.74, 6) is -26.7. The van der Waals surface area contributed by atoms with Crippen LogP contribution in [0.2, 0.25) is 0 Å². The second kappa shape index (κ2) is 8.84. The number of hydrogen-bond acceptors (Lipinski definition) is 2. The Morgan fingerprint density at radius 1 is 0.400 bits per heavy atom. The van der Waals surface area contributed by atoms with Crippen molar-refractivity contribution in [3.05, 3.63) is 69.3 Å². The summed E-state index contributed by atoms with van der Waals surface area (Å²) in [6.07, 6.45) is -2.52. The van der Waals surface area contributed by atoms with Crippen molar-refractivity contribution in [1.82, 2.24) is 0 Å². The molecule has 30 heavy (non-hydrogen) atoms. The summed E-state index contributed by atoms with van der Waals surface area (Å²) >= 11 is 0. The van der Waals surface area contributed by atoms with E-state index in [1.165, 1.54) is 0 Å². The fourth-order valence-corrected chi connectivity index (χ4v) is 2.52. The fraction of sp³-hybridized carbons (Fsp3) is 0.222. The van der Waals surface area contributed by atoms with Gasteiger partial charge in [0.25, 0.3) is 0 Å². The van der Waals surface area contributed by atoms with E-state index in [1.807, 2.05) is 0 Å². The quantitative estimate of drug-likeness (QED) is 0.180. The molecule has 0 aromatic heterocycles. The van der Waals surface area contributed by atoms with E-state index in [9.17, 15) is 53.5 Å². The van der Waals surface area contributed by atoms with Gasteiger partial charge in [-0.05, 0) is 12.8 Å². The molecule has 0 saturated carbocycles. The van der Waals surface area contributed by atoms with Crippen LogP contribution < -0.4 is 0 Å². The topological polar surface area (TPSA) is 34.1 Å². The van der Waals surface area contributed by atoms with Crippen LogP contribution in [0, 0.1) is 58.2 Å². The third kappa shape index (κ3) is 4.03. The second-order valence-electron chi connectivity index (χ2n) is 5.94. The normalized spacial score (nSPS) is 11.1. The van der Waals surface area contributed by atoms with Crippen molar-refractivity contribution in [2.24, 2.45) is 0 Å². The van der Waals surface area contributed by atoms with Crippen molar-refractivity contribution < 1.29 is 53.5 Å². The van der Waals surface area contributed by atoms with Gasteiger partial charge in [-0.1, -0.05) is 0 Å². The number of benzene rings is 2. The highest BCUT2D eigenvalue weighted by Crippen LogP contribution is 2.26. The Morgan fingerprint density at radius 3 is 0.833 bits per heavy atom. The molecule has 0 aliphatic carbocycles. The van der Waals surface area contributed by atoms with Gasteiger partial charge in [0.1, 0.15) is 0 Å². The molecule has 0 aliphatic rings. The van der Waals surface area contributed by atoms with Gasteiger partial charge < -0.3 is 0 Å². The van der Waals surface area contributed by atoms with Gasteiger partial charge in [0, 0.05) is 12.8 Å². The number of carbonyl (C=O) groups is 2. The molecule has 2 rings (SSSR count). The van der Waals surface area contributed by atoms with Crippen LogP contribution in [0.1, 0.15) is 46.4 Å². The molecule has 0 unspecified atom stereocenters. The summed E-state index contributed by atoms with van der Waals surface area (Å²) in [5.41, 5.74) is -3.39. The van der Waals surface area contributed by atoms with E-state index < -0.39 is 107 Å². The predicted octanol–water partition coefficient (Wildman–Crippen LogP) is 5.70. The maximum atomic E-state index is 13.5. The summed E-state index contributed by atoms with van der Waals surface area (Å²) < 4.78 is 132. The number of hydrogen-bond donors (Lipinski definition) is 0. The number of unbranched alkanes of at least 4 members (excludes halogenated alkanes) is 1. The number of rotatable bonds is 7. The van der Waals surface area contributed by atoms with Crippen molar-refractivity contribution in [2.75, 3.05) is 0 Å². The van der Waals surface area contributed by atoms with Crippen LogP contribution in [0.25, 0.3) is 0 Å². The first-order valence-corrected chi connectivity index (χ1v) is 8.01. The van der Waals surface area contributed by atoms with Crippen LogP contribution in [-0.4, -0.2) is 11.6 Å². The van der Waals surface area contributed by atoms with E-state index in [0.717, 1.165) is 0 Å². The molecule has 162 valence electrons. The summed E-state index contributed by atoms with van der Waals surface area (Å²) in [4.78, 5) is 23.5. The van der Waals surface area contributed by atoms with Gasteiger partial charge >= 0.3 is 0 Å². The van der Waals surface area contributed by atoms with Crippen LogP contribution in [0.5, 0.6) is 0 Å². The number of halogens is 10. The zero-order valence-electron chi connectivity index (χ0n) is 14.4. The third-order valence-electron chi connectivity index (χ3n) is 4.03. The van der Waals surface area contributed by atoms with Crippen molar-refractivity contribution in [3.63, 3.8) is 0 Å². The summed E-state index contributed by atoms with van der Waals surface area (Å²) in [7, 11) is 0. The highest BCUT2D eigenvalue weighted by Gasteiger charge is 2.30. The lowest BCUT2D eigenvalue weighted by atomic mass is 9.99. The minimum atomic E-state index is -2.46. The average Bonchev–Trinajstić information content (AvgIpc) is 2.71. The summed E-state index contributed by atoms with van der Waals surface area (Å²) in [6.45, 7) is 0. The average molecular weight is 446 g/mol. The first-order chi connectivity index (χ1) is 13.9. The molecule has 2 aromatic carbocycles. The molecule has 0 atom stereocenters. The van der Waals surface area contributed by atoms with Gasteiger partial charge in [0.2, 0.25) is 11.6 Å². The molecule has 0 saturated heterocycles. The number of carbonyl (C=O) groups excluding carboxylic acids is 2. The van der Waals surface area contributed by atoms with Gasteiger partial charge in [-0.2, -0.15) is 0 Å². The Morgan fingerprint density at radius 2 is 0.600 bits per heavy atom. The largest absolute Gasteiger partial charge is 0.294 e. The van der Waals surface area contributed by atoms with E-state index in [1.54, 1.807) is 0 Å². The highest BCUT2D eigenvalue weighted by atomic mass is 19.2. The zero-order valence-corrected chi connectivity index (χ0v) is 14.4. The molecule has 0 heterocycles. The Kier molecular flexibility index (Phi) is 6.88. The zero-order chi connectivity index (χ0) is 22.9. The Bertz CT molecular complexity index is 907. The Labute approximate surface area is 161 Å². The molecule has 0 amide bonds. The van der Waals surface area contributed by atoms with Gasteiger partial charge in [0.15, 0.2) is 58.1 Å². The Hall–Kier alpha value is -2.92. The standard InChI is InChI=1S/C18H8F10O2/c19-9-7(10(20)14(24)17(27)13(9)23)5(29)3-1-2-4-6(30)8-11(21)15(25)18(28)16(26)12(8)22/h1-4H2. The lowest BCUT2D eigenvalue weighted by Gasteiger charge is -2.08. The van der Waals surface area contributed by atoms with E-state index >= 15 is 0 Å². The minimum Gasteiger partial charge on any atom is -0.294 e. The first-order valence-electron chi connectivity index (χ1n) is 8.01. The van der Waals surface area contributed by atoms with E-state index in [4.69, 9.17) is 0 Å². The number of ketones is 2. The molecule has 0 N–H and O–H groups in total. The van der Waals surface area contributed by atoms with E-state index in [2.05, 4.69) is 0 Å². The van der Waals surface area contributed by atoms with Crippen molar-refractivity contribution in [2.45, 2.75) is 25.7 Å². The first kappa shape index (κ1) is 23.4. The molecular weight excluding hydrogens is 438 g/mol. The molecule has 2 nitrogen and oxygen atoms in total. The molecule has 0 radical (unpaired) electrons. The summed E-state index contributed by atoms with van der Waals surface area (Å²) in [5, 5.41) is 0. The van der Waals surface area contributed by atoms with Crippen LogP contribution in [-0.2, 0) is 0 Å². The maximum Gasteiger partial charge on any atom is 0.200 e. The minimum absolute atomic E-state index is 0.431. The smallest absolute Gasteiger partial charge is 0.200 e.